The van der Waals surface area contributed by atoms with Gasteiger partial charge >= 0.3 is 0 Å². The Kier molecular flexibility index (Phi) is 6.16. The highest BCUT2D eigenvalue weighted by molar-refractivity contribution is 7.16. The van der Waals surface area contributed by atoms with Crippen molar-refractivity contribution in [2.45, 2.75) is 52.5 Å². The largest absolute Gasteiger partial charge is 0.305 e. The molecule has 3 rings (SSSR count). The first-order valence-electron chi connectivity index (χ1n) is 9.62. The molecule has 1 aromatic heterocycles. The Balaban J connectivity index is 1.94. The van der Waals surface area contributed by atoms with Gasteiger partial charge in [0.1, 0.15) is 0 Å². The molecule has 144 valence electrons. The fourth-order valence-corrected chi connectivity index (χ4v) is 4.21. The van der Waals surface area contributed by atoms with Crippen LogP contribution in [0.15, 0.2) is 47.5 Å². The maximum Gasteiger partial charge on any atom is 0.252 e. The van der Waals surface area contributed by atoms with Gasteiger partial charge in [-0.3, -0.25) is 4.79 Å². The zero-order chi connectivity index (χ0) is 20.3. The van der Waals surface area contributed by atoms with Gasteiger partial charge in [0.05, 0.1) is 23.2 Å². The first-order valence-corrected chi connectivity index (χ1v) is 10.4. The molecule has 0 saturated carbocycles. The van der Waals surface area contributed by atoms with Gasteiger partial charge in [-0.1, -0.05) is 75.3 Å². The van der Waals surface area contributed by atoms with E-state index in [4.69, 9.17) is 6.42 Å². The molecule has 3 nitrogen and oxygen atoms in total. The molecule has 0 radical (unpaired) electrons. The van der Waals surface area contributed by atoms with Crippen molar-refractivity contribution in [2.75, 3.05) is 0 Å². The van der Waals surface area contributed by atoms with Gasteiger partial charge in [0.15, 0.2) is 4.80 Å². The number of amides is 1. The van der Waals surface area contributed by atoms with Crippen LogP contribution in [0.2, 0.25) is 0 Å². The van der Waals surface area contributed by atoms with Crippen LogP contribution in [0.1, 0.15) is 56.2 Å². The maximum absolute atomic E-state index is 12.6. The van der Waals surface area contributed by atoms with E-state index in [1.54, 1.807) is 0 Å². The molecule has 0 fully saturated rings. The van der Waals surface area contributed by atoms with Gasteiger partial charge < -0.3 is 4.57 Å². The molecule has 28 heavy (non-hydrogen) atoms. The van der Waals surface area contributed by atoms with Gasteiger partial charge in [0.2, 0.25) is 0 Å². The lowest BCUT2D eigenvalue weighted by atomic mass is 10.0. The number of hydrogen-bond acceptors (Lipinski definition) is 2. The Morgan fingerprint density at radius 2 is 1.71 bits per heavy atom. The third-order valence-corrected chi connectivity index (χ3v) is 5.89. The van der Waals surface area contributed by atoms with Crippen molar-refractivity contribution in [3.8, 4) is 12.3 Å². The zero-order valence-corrected chi connectivity index (χ0v) is 17.7. The van der Waals surface area contributed by atoms with Gasteiger partial charge in [0.25, 0.3) is 5.91 Å². The average molecular weight is 391 g/mol. The Bertz CT molecular complexity index is 1090. The number of benzene rings is 2. The van der Waals surface area contributed by atoms with Gasteiger partial charge in [-0.05, 0) is 40.7 Å². The van der Waals surface area contributed by atoms with Crippen molar-refractivity contribution in [3.63, 3.8) is 0 Å². The average Bonchev–Trinajstić information content (AvgIpc) is 2.98. The Hall–Kier alpha value is -2.64. The fourth-order valence-electron chi connectivity index (χ4n) is 3.12. The quantitative estimate of drug-likeness (QED) is 0.548. The highest BCUT2D eigenvalue weighted by atomic mass is 32.1. The smallest absolute Gasteiger partial charge is 0.252 e. The summed E-state index contributed by atoms with van der Waals surface area (Å²) in [6.45, 7) is 9.06. The highest BCUT2D eigenvalue weighted by Crippen LogP contribution is 2.23. The number of terminal acetylenes is 1. The van der Waals surface area contributed by atoms with Gasteiger partial charge in [-0.2, -0.15) is 4.99 Å². The molecule has 0 aliphatic carbocycles. The molecule has 0 saturated heterocycles. The number of nitrogens with zero attached hydrogens (tertiary/aromatic N) is 2. The van der Waals surface area contributed by atoms with Crippen LogP contribution < -0.4 is 4.80 Å². The van der Waals surface area contributed by atoms with E-state index in [-0.39, 0.29) is 5.91 Å². The van der Waals surface area contributed by atoms with Crippen LogP contribution in [-0.4, -0.2) is 10.5 Å². The molecule has 4 heteroatoms. The third-order valence-electron chi connectivity index (χ3n) is 4.84. The van der Waals surface area contributed by atoms with Crippen molar-refractivity contribution in [3.05, 3.63) is 64.0 Å². The van der Waals surface area contributed by atoms with Crippen LogP contribution in [-0.2, 0) is 17.8 Å². The lowest BCUT2D eigenvalue weighted by molar-refractivity contribution is -0.117. The second-order valence-corrected chi connectivity index (χ2v) is 8.64. The normalized spacial score (nSPS) is 12.1. The molecule has 1 amide bonds. The number of hydrogen-bond donors (Lipinski definition) is 0. The van der Waals surface area contributed by atoms with Crippen molar-refractivity contribution in [1.29, 1.82) is 0 Å². The molecule has 0 aliphatic heterocycles. The minimum Gasteiger partial charge on any atom is -0.305 e. The first-order chi connectivity index (χ1) is 13.4. The summed E-state index contributed by atoms with van der Waals surface area (Å²) in [5.74, 6) is 3.45. The van der Waals surface area contributed by atoms with Crippen LogP contribution in [0.5, 0.6) is 0 Å². The summed E-state index contributed by atoms with van der Waals surface area (Å²) in [4.78, 5) is 17.6. The Labute approximate surface area is 170 Å². The molecule has 0 aliphatic rings. The maximum atomic E-state index is 12.6. The monoisotopic (exact) mass is 390 g/mol. The molecule has 1 heterocycles. The molecule has 0 atom stereocenters. The molecular formula is C24H26N2OS. The summed E-state index contributed by atoms with van der Waals surface area (Å²) in [6, 6.07) is 14.6. The molecule has 0 spiro atoms. The summed E-state index contributed by atoms with van der Waals surface area (Å²) >= 11 is 1.52. The van der Waals surface area contributed by atoms with E-state index in [9.17, 15) is 4.79 Å². The highest BCUT2D eigenvalue weighted by Gasteiger charge is 2.10. The lowest BCUT2D eigenvalue weighted by Gasteiger charge is -2.06. The number of carbonyl (C=O) groups excluding carboxylic acids is 1. The summed E-state index contributed by atoms with van der Waals surface area (Å²) in [6.07, 6.45) is 5.85. The summed E-state index contributed by atoms with van der Waals surface area (Å²) in [5, 5.41) is 0. The zero-order valence-electron chi connectivity index (χ0n) is 16.9. The van der Waals surface area contributed by atoms with Crippen LogP contribution >= 0.6 is 11.3 Å². The van der Waals surface area contributed by atoms with Crippen LogP contribution in [0.3, 0.4) is 0 Å². The van der Waals surface area contributed by atoms with Crippen LogP contribution in [0.25, 0.3) is 10.2 Å². The molecule has 3 aromatic rings. The summed E-state index contributed by atoms with van der Waals surface area (Å²) in [5.41, 5.74) is 4.54. The molecule has 0 unspecified atom stereocenters. The predicted molar refractivity (Wildman–Crippen MR) is 118 cm³/mol. The van der Waals surface area contributed by atoms with E-state index in [2.05, 4.69) is 68.9 Å². The Morgan fingerprint density at radius 3 is 2.32 bits per heavy atom. The lowest BCUT2D eigenvalue weighted by Crippen LogP contribution is -2.17. The van der Waals surface area contributed by atoms with Crippen molar-refractivity contribution in [1.82, 2.24) is 4.57 Å². The van der Waals surface area contributed by atoms with Gasteiger partial charge in [-0.25, -0.2) is 0 Å². The Morgan fingerprint density at radius 1 is 1.07 bits per heavy atom. The number of thiazole rings is 1. The van der Waals surface area contributed by atoms with E-state index in [0.29, 0.717) is 29.6 Å². The topological polar surface area (TPSA) is 34.4 Å². The first kappa shape index (κ1) is 20.1. The van der Waals surface area contributed by atoms with E-state index < -0.39 is 0 Å². The minimum atomic E-state index is -0.154. The minimum absolute atomic E-state index is 0.154. The van der Waals surface area contributed by atoms with Gasteiger partial charge in [-0.15, -0.1) is 6.42 Å². The number of carbonyl (C=O) groups is 1. The van der Waals surface area contributed by atoms with Crippen molar-refractivity contribution >= 4 is 27.5 Å². The number of rotatable bonds is 5. The second-order valence-electron chi connectivity index (χ2n) is 7.64. The summed E-state index contributed by atoms with van der Waals surface area (Å²) in [7, 11) is 0. The van der Waals surface area contributed by atoms with E-state index in [1.807, 2.05) is 16.7 Å². The number of aromatic nitrogens is 1. The molecule has 0 bridgehead atoms. The van der Waals surface area contributed by atoms with Crippen LogP contribution in [0, 0.1) is 12.3 Å². The standard InChI is InChI=1S/C24H26N2OS/c1-6-13-26-21-12-11-20(17(4)5)15-22(21)28-24(26)25-23(27)14-18-7-9-19(10-8-18)16(2)3/h1,7-12,15-17H,13-14H2,2-5H3. The fraction of sp³-hybridized carbons (Fsp3) is 0.333. The number of fused-ring (bicyclic) bond motifs is 1. The predicted octanol–water partition coefficient (Wildman–Crippen LogP) is 5.25. The molecule has 2 aromatic carbocycles. The van der Waals surface area contributed by atoms with Gasteiger partial charge in [0, 0.05) is 0 Å². The molecular weight excluding hydrogens is 364 g/mol. The summed E-state index contributed by atoms with van der Waals surface area (Å²) < 4.78 is 3.05. The second kappa shape index (κ2) is 8.58. The van der Waals surface area contributed by atoms with Crippen molar-refractivity contribution < 1.29 is 4.79 Å². The third kappa shape index (κ3) is 4.43. The van der Waals surface area contributed by atoms with E-state index in [1.165, 1.54) is 22.5 Å². The van der Waals surface area contributed by atoms with E-state index in [0.717, 1.165) is 15.8 Å². The van der Waals surface area contributed by atoms with E-state index >= 15 is 0 Å². The molecule has 0 N–H and O–H groups in total. The van der Waals surface area contributed by atoms with Crippen LogP contribution in [0.4, 0.5) is 0 Å². The van der Waals surface area contributed by atoms with Crippen molar-refractivity contribution in [2.24, 2.45) is 4.99 Å². The SMILES string of the molecule is C#CCn1c(=NC(=O)Cc2ccc(C(C)C)cc2)sc2cc(C(C)C)ccc21.